The molecule has 3 rings (SSSR count). The van der Waals surface area contributed by atoms with Crippen molar-refractivity contribution in [1.82, 2.24) is 9.97 Å². The summed E-state index contributed by atoms with van der Waals surface area (Å²) in [6, 6.07) is 15.0. The molecule has 174 valence electrons. The maximum atomic E-state index is 12.6. The number of carbonyl (C=O) groups excluding carboxylic acids is 1. The van der Waals surface area contributed by atoms with E-state index in [0.29, 0.717) is 23.0 Å². The van der Waals surface area contributed by atoms with Gasteiger partial charge in [-0.3, -0.25) is 9.52 Å². The molecule has 0 spiro atoms. The Morgan fingerprint density at radius 1 is 0.970 bits per heavy atom. The standard InChI is InChI=1S/C24H28N4O4S/c1-16-14-22(26-17(2)25-16)28-33(30,31)21-12-8-19(9-13-21)27-23(29)15-32-20-10-6-18(7-11-20)24(3,4)5/h6-14H,15H2,1-5H3,(H,27,29)(H,25,26,28). The fourth-order valence-corrected chi connectivity index (χ4v) is 4.07. The highest BCUT2D eigenvalue weighted by Gasteiger charge is 2.16. The molecule has 0 radical (unpaired) electrons. The van der Waals surface area contributed by atoms with Crippen molar-refractivity contribution < 1.29 is 17.9 Å². The van der Waals surface area contributed by atoms with Gasteiger partial charge in [0.05, 0.1) is 4.90 Å². The van der Waals surface area contributed by atoms with Crippen molar-refractivity contribution in [3.8, 4) is 5.75 Å². The zero-order chi connectivity index (χ0) is 24.2. The van der Waals surface area contributed by atoms with Crippen LogP contribution in [0.4, 0.5) is 11.5 Å². The SMILES string of the molecule is Cc1cc(NS(=O)(=O)c2ccc(NC(=O)COc3ccc(C(C)(C)C)cc3)cc2)nc(C)n1. The number of benzene rings is 2. The summed E-state index contributed by atoms with van der Waals surface area (Å²) in [6.45, 7) is 9.66. The van der Waals surface area contributed by atoms with Crippen molar-refractivity contribution in [3.63, 3.8) is 0 Å². The summed E-state index contributed by atoms with van der Waals surface area (Å²) in [5.41, 5.74) is 2.33. The van der Waals surface area contributed by atoms with Gasteiger partial charge in [0, 0.05) is 17.4 Å². The second-order valence-electron chi connectivity index (χ2n) is 8.68. The van der Waals surface area contributed by atoms with Gasteiger partial charge >= 0.3 is 0 Å². The lowest BCUT2D eigenvalue weighted by Crippen LogP contribution is -2.20. The molecule has 1 heterocycles. The van der Waals surface area contributed by atoms with Gasteiger partial charge in [0.1, 0.15) is 17.4 Å². The minimum absolute atomic E-state index is 0.0395. The van der Waals surface area contributed by atoms with Gasteiger partial charge in [-0.2, -0.15) is 0 Å². The maximum Gasteiger partial charge on any atom is 0.263 e. The zero-order valence-corrected chi connectivity index (χ0v) is 20.2. The van der Waals surface area contributed by atoms with Crippen LogP contribution >= 0.6 is 0 Å². The summed E-state index contributed by atoms with van der Waals surface area (Å²) in [5, 5.41) is 2.69. The number of hydrogen-bond donors (Lipinski definition) is 2. The van der Waals surface area contributed by atoms with Gasteiger partial charge in [0.2, 0.25) is 0 Å². The Balaban J connectivity index is 1.57. The van der Waals surface area contributed by atoms with E-state index in [2.05, 4.69) is 40.8 Å². The molecule has 1 amide bonds. The highest BCUT2D eigenvalue weighted by molar-refractivity contribution is 7.92. The number of amides is 1. The number of aryl methyl sites for hydroxylation is 2. The molecule has 0 bridgehead atoms. The molecule has 1 aromatic heterocycles. The summed E-state index contributed by atoms with van der Waals surface area (Å²) in [4.78, 5) is 20.5. The van der Waals surface area contributed by atoms with Gasteiger partial charge < -0.3 is 10.1 Å². The smallest absolute Gasteiger partial charge is 0.263 e. The van der Waals surface area contributed by atoms with Crippen LogP contribution in [0.25, 0.3) is 0 Å². The second kappa shape index (κ2) is 9.58. The predicted molar refractivity (Wildman–Crippen MR) is 128 cm³/mol. The molecule has 0 aliphatic heterocycles. The van der Waals surface area contributed by atoms with E-state index in [1.807, 2.05) is 24.3 Å². The van der Waals surface area contributed by atoms with E-state index in [0.717, 1.165) is 0 Å². The molecular formula is C24H28N4O4S. The van der Waals surface area contributed by atoms with Crippen molar-refractivity contribution >= 4 is 27.4 Å². The van der Waals surface area contributed by atoms with Crippen LogP contribution in [0.5, 0.6) is 5.75 Å². The fraction of sp³-hybridized carbons (Fsp3) is 0.292. The summed E-state index contributed by atoms with van der Waals surface area (Å²) < 4.78 is 33.2. The van der Waals surface area contributed by atoms with Gasteiger partial charge in [-0.15, -0.1) is 0 Å². The third-order valence-corrected chi connectivity index (χ3v) is 6.11. The molecule has 0 aliphatic rings. The van der Waals surface area contributed by atoms with Crippen molar-refractivity contribution in [2.75, 3.05) is 16.6 Å². The number of nitrogens with one attached hydrogen (secondary N) is 2. The minimum atomic E-state index is -3.83. The lowest BCUT2D eigenvalue weighted by molar-refractivity contribution is -0.118. The molecule has 3 aromatic rings. The molecule has 0 saturated heterocycles. The summed E-state index contributed by atoms with van der Waals surface area (Å²) in [5.74, 6) is 0.916. The molecule has 0 fully saturated rings. The average Bonchev–Trinajstić information content (AvgIpc) is 2.71. The fourth-order valence-electron chi connectivity index (χ4n) is 3.08. The molecule has 9 heteroatoms. The minimum Gasteiger partial charge on any atom is -0.484 e. The number of sulfonamides is 1. The van der Waals surface area contributed by atoms with Crippen molar-refractivity contribution in [2.24, 2.45) is 0 Å². The molecule has 2 aromatic carbocycles. The third kappa shape index (κ3) is 6.76. The number of nitrogens with zero attached hydrogens (tertiary/aromatic N) is 2. The van der Waals surface area contributed by atoms with Gasteiger partial charge in [-0.1, -0.05) is 32.9 Å². The Morgan fingerprint density at radius 3 is 2.18 bits per heavy atom. The first-order valence-electron chi connectivity index (χ1n) is 10.4. The highest BCUT2D eigenvalue weighted by Crippen LogP contribution is 2.24. The average molecular weight is 469 g/mol. The normalized spacial score (nSPS) is 11.7. The number of carbonyl (C=O) groups is 1. The first-order chi connectivity index (χ1) is 15.4. The van der Waals surface area contributed by atoms with Crippen LogP contribution < -0.4 is 14.8 Å². The number of ether oxygens (including phenoxy) is 1. The monoisotopic (exact) mass is 468 g/mol. The summed E-state index contributed by atoms with van der Waals surface area (Å²) >= 11 is 0. The Labute approximate surface area is 194 Å². The molecule has 0 aliphatic carbocycles. The first kappa shape index (κ1) is 24.2. The summed E-state index contributed by atoms with van der Waals surface area (Å²) in [6.07, 6.45) is 0. The third-order valence-electron chi connectivity index (χ3n) is 4.74. The lowest BCUT2D eigenvalue weighted by Gasteiger charge is -2.19. The number of anilines is 2. The molecular weight excluding hydrogens is 440 g/mol. The van der Waals surface area contributed by atoms with Gasteiger partial charge in [0.15, 0.2) is 6.61 Å². The molecule has 0 unspecified atom stereocenters. The van der Waals surface area contributed by atoms with Crippen LogP contribution in [0, 0.1) is 13.8 Å². The number of hydrogen-bond acceptors (Lipinski definition) is 6. The van der Waals surface area contributed by atoms with Gasteiger partial charge in [-0.05, 0) is 61.2 Å². The van der Waals surface area contributed by atoms with Gasteiger partial charge in [0.25, 0.3) is 15.9 Å². The molecule has 0 saturated carbocycles. The van der Waals surface area contributed by atoms with E-state index < -0.39 is 10.0 Å². The van der Waals surface area contributed by atoms with E-state index in [4.69, 9.17) is 4.74 Å². The van der Waals surface area contributed by atoms with Crippen molar-refractivity contribution in [1.29, 1.82) is 0 Å². The Kier molecular flexibility index (Phi) is 7.02. The quantitative estimate of drug-likeness (QED) is 0.537. The van der Waals surface area contributed by atoms with Crippen LogP contribution in [0.15, 0.2) is 59.5 Å². The van der Waals surface area contributed by atoms with Crippen LogP contribution in [0.3, 0.4) is 0 Å². The van der Waals surface area contributed by atoms with Crippen LogP contribution in [-0.2, 0) is 20.2 Å². The predicted octanol–water partition coefficient (Wildman–Crippen LogP) is 4.21. The van der Waals surface area contributed by atoms with E-state index in [9.17, 15) is 13.2 Å². The topological polar surface area (TPSA) is 110 Å². The maximum absolute atomic E-state index is 12.6. The van der Waals surface area contributed by atoms with Crippen LogP contribution in [0.1, 0.15) is 37.9 Å². The Morgan fingerprint density at radius 2 is 1.61 bits per heavy atom. The second-order valence-corrected chi connectivity index (χ2v) is 10.4. The molecule has 33 heavy (non-hydrogen) atoms. The van der Waals surface area contributed by atoms with Crippen LogP contribution in [-0.4, -0.2) is 30.9 Å². The first-order valence-corrected chi connectivity index (χ1v) is 11.9. The largest absolute Gasteiger partial charge is 0.484 e. The molecule has 0 atom stereocenters. The lowest BCUT2D eigenvalue weighted by atomic mass is 9.87. The molecule has 2 N–H and O–H groups in total. The van der Waals surface area contributed by atoms with Crippen molar-refractivity contribution in [3.05, 3.63) is 71.7 Å². The highest BCUT2D eigenvalue weighted by atomic mass is 32.2. The van der Waals surface area contributed by atoms with E-state index in [1.54, 1.807) is 19.9 Å². The Bertz CT molecular complexity index is 1210. The zero-order valence-electron chi connectivity index (χ0n) is 19.3. The number of aromatic nitrogens is 2. The van der Waals surface area contributed by atoms with E-state index >= 15 is 0 Å². The van der Waals surface area contributed by atoms with E-state index in [1.165, 1.54) is 29.8 Å². The Hall–Kier alpha value is -3.46. The van der Waals surface area contributed by atoms with Crippen molar-refractivity contribution in [2.45, 2.75) is 44.9 Å². The van der Waals surface area contributed by atoms with Crippen LogP contribution in [0.2, 0.25) is 0 Å². The molecule has 8 nitrogen and oxygen atoms in total. The summed E-state index contributed by atoms with van der Waals surface area (Å²) in [7, 11) is -3.83. The van der Waals surface area contributed by atoms with E-state index in [-0.39, 0.29) is 28.6 Å². The number of rotatable bonds is 7. The van der Waals surface area contributed by atoms with Gasteiger partial charge in [-0.25, -0.2) is 18.4 Å².